The molecule has 0 fully saturated rings. The minimum atomic E-state index is -0.450. The highest BCUT2D eigenvalue weighted by Crippen LogP contribution is 2.23. The average Bonchev–Trinajstić information content (AvgIpc) is 2.82. The third-order valence-electron chi connectivity index (χ3n) is 5.87. The van der Waals surface area contributed by atoms with E-state index in [1.165, 1.54) is 44.1 Å². The number of hydrogen-bond acceptors (Lipinski definition) is 5. The molecule has 1 aromatic carbocycles. The van der Waals surface area contributed by atoms with Gasteiger partial charge in [0.15, 0.2) is 5.82 Å². The Morgan fingerprint density at radius 2 is 1.59 bits per heavy atom. The first-order chi connectivity index (χ1) is 15.6. The van der Waals surface area contributed by atoms with Crippen molar-refractivity contribution < 1.29 is 9.53 Å². The van der Waals surface area contributed by atoms with Crippen LogP contribution in [0.1, 0.15) is 84.1 Å². The molecule has 1 heterocycles. The first-order valence-electron chi connectivity index (χ1n) is 12.1. The molecule has 2 aromatic rings. The first-order valence-corrected chi connectivity index (χ1v) is 12.1. The number of carbonyl (C=O) groups excluding carboxylic acids is 1. The SMILES string of the molecule is CCCCCCCCc1cnc(-c2ccc(OC(=O)[C@@H](C)[C@H](C#N)CCCC)cc2)nc1. The van der Waals surface area contributed by atoms with Gasteiger partial charge in [-0.25, -0.2) is 9.97 Å². The summed E-state index contributed by atoms with van der Waals surface area (Å²) in [6.07, 6.45) is 15.1. The van der Waals surface area contributed by atoms with Crippen LogP contribution in [0.5, 0.6) is 5.75 Å². The van der Waals surface area contributed by atoms with Crippen LogP contribution in [-0.2, 0) is 11.2 Å². The van der Waals surface area contributed by atoms with Crippen molar-refractivity contribution in [2.75, 3.05) is 0 Å². The largest absolute Gasteiger partial charge is 0.426 e. The molecule has 0 N–H and O–H groups in total. The maximum absolute atomic E-state index is 12.4. The lowest BCUT2D eigenvalue weighted by Gasteiger charge is -2.16. The summed E-state index contributed by atoms with van der Waals surface area (Å²) in [5, 5.41) is 9.34. The third kappa shape index (κ3) is 8.42. The van der Waals surface area contributed by atoms with Crippen LogP contribution < -0.4 is 4.74 Å². The van der Waals surface area contributed by atoms with Gasteiger partial charge in [-0.15, -0.1) is 0 Å². The van der Waals surface area contributed by atoms with Crippen molar-refractivity contribution in [1.29, 1.82) is 5.26 Å². The van der Waals surface area contributed by atoms with Gasteiger partial charge < -0.3 is 4.74 Å². The fraction of sp³-hybridized carbons (Fsp3) is 0.556. The molecule has 0 aliphatic rings. The van der Waals surface area contributed by atoms with E-state index in [0.717, 1.165) is 24.8 Å². The molecule has 0 saturated carbocycles. The van der Waals surface area contributed by atoms with Crippen molar-refractivity contribution in [2.45, 2.75) is 85.0 Å². The fourth-order valence-electron chi connectivity index (χ4n) is 3.64. The number of aryl methyl sites for hydroxylation is 1. The number of esters is 1. The topological polar surface area (TPSA) is 75.9 Å². The van der Waals surface area contributed by atoms with E-state index in [9.17, 15) is 10.1 Å². The lowest BCUT2D eigenvalue weighted by molar-refractivity contribution is -0.139. The predicted octanol–water partition coefficient (Wildman–Crippen LogP) is 6.92. The second-order valence-corrected chi connectivity index (χ2v) is 8.54. The Kier molecular flexibility index (Phi) is 11.4. The number of rotatable bonds is 14. The molecule has 0 aliphatic carbocycles. The molecule has 0 saturated heterocycles. The molecule has 1 aromatic heterocycles. The van der Waals surface area contributed by atoms with Crippen LogP contribution in [0.3, 0.4) is 0 Å². The zero-order chi connectivity index (χ0) is 23.2. The minimum Gasteiger partial charge on any atom is -0.426 e. The fourth-order valence-corrected chi connectivity index (χ4v) is 3.64. The molecular weight excluding hydrogens is 398 g/mol. The van der Waals surface area contributed by atoms with Crippen LogP contribution in [0.15, 0.2) is 36.7 Å². The van der Waals surface area contributed by atoms with Crippen LogP contribution >= 0.6 is 0 Å². The van der Waals surface area contributed by atoms with Gasteiger partial charge in [-0.05, 0) is 49.1 Å². The second kappa shape index (κ2) is 14.3. The predicted molar refractivity (Wildman–Crippen MR) is 128 cm³/mol. The molecule has 0 aliphatic heterocycles. The van der Waals surface area contributed by atoms with Gasteiger partial charge in [0, 0.05) is 18.0 Å². The van der Waals surface area contributed by atoms with E-state index in [2.05, 4.69) is 29.9 Å². The number of aromatic nitrogens is 2. The Balaban J connectivity index is 1.86. The maximum Gasteiger partial charge on any atom is 0.315 e. The van der Waals surface area contributed by atoms with E-state index in [1.54, 1.807) is 19.1 Å². The number of carbonyl (C=O) groups is 1. The van der Waals surface area contributed by atoms with E-state index < -0.39 is 5.92 Å². The van der Waals surface area contributed by atoms with Gasteiger partial charge in [-0.2, -0.15) is 5.26 Å². The molecule has 32 heavy (non-hydrogen) atoms. The summed E-state index contributed by atoms with van der Waals surface area (Å²) in [5.41, 5.74) is 2.04. The van der Waals surface area contributed by atoms with E-state index in [1.807, 2.05) is 24.5 Å². The van der Waals surface area contributed by atoms with Crippen LogP contribution in [-0.4, -0.2) is 15.9 Å². The van der Waals surface area contributed by atoms with Crippen LogP contribution in [0.2, 0.25) is 0 Å². The van der Waals surface area contributed by atoms with Crippen molar-refractivity contribution >= 4 is 5.97 Å². The molecule has 0 radical (unpaired) electrons. The van der Waals surface area contributed by atoms with Gasteiger partial charge in [0.25, 0.3) is 0 Å². The molecule has 2 rings (SSSR count). The number of nitriles is 1. The first kappa shape index (κ1) is 25.5. The van der Waals surface area contributed by atoms with Crippen LogP contribution in [0, 0.1) is 23.2 Å². The molecule has 2 atom stereocenters. The van der Waals surface area contributed by atoms with E-state index in [4.69, 9.17) is 4.74 Å². The van der Waals surface area contributed by atoms with Crippen molar-refractivity contribution in [3.63, 3.8) is 0 Å². The zero-order valence-corrected chi connectivity index (χ0v) is 19.8. The van der Waals surface area contributed by atoms with Crippen LogP contribution in [0.4, 0.5) is 0 Å². The smallest absolute Gasteiger partial charge is 0.315 e. The summed E-state index contributed by atoms with van der Waals surface area (Å²) in [6.45, 7) is 6.08. The molecular formula is C27H37N3O2. The van der Waals surface area contributed by atoms with Gasteiger partial charge in [-0.3, -0.25) is 4.79 Å². The van der Waals surface area contributed by atoms with Crippen molar-refractivity contribution in [3.05, 3.63) is 42.2 Å². The Morgan fingerprint density at radius 1 is 0.969 bits per heavy atom. The molecule has 5 heteroatoms. The average molecular weight is 436 g/mol. The Bertz CT molecular complexity index is 841. The molecule has 0 amide bonds. The number of ether oxygens (including phenoxy) is 1. The highest BCUT2D eigenvalue weighted by atomic mass is 16.5. The highest BCUT2D eigenvalue weighted by molar-refractivity contribution is 5.75. The van der Waals surface area contributed by atoms with Crippen LogP contribution in [0.25, 0.3) is 11.4 Å². The number of unbranched alkanes of at least 4 members (excludes halogenated alkanes) is 6. The van der Waals surface area contributed by atoms with Crippen molar-refractivity contribution in [3.8, 4) is 23.2 Å². The van der Waals surface area contributed by atoms with E-state index in [-0.39, 0.29) is 11.9 Å². The summed E-state index contributed by atoms with van der Waals surface area (Å²) in [5.74, 6) is -0.000970. The molecule has 172 valence electrons. The monoisotopic (exact) mass is 435 g/mol. The molecule has 5 nitrogen and oxygen atoms in total. The summed E-state index contributed by atoms with van der Waals surface area (Å²) >= 11 is 0. The van der Waals surface area contributed by atoms with Crippen molar-refractivity contribution in [1.82, 2.24) is 9.97 Å². The number of hydrogen-bond donors (Lipinski definition) is 0. The lowest BCUT2D eigenvalue weighted by Crippen LogP contribution is -2.24. The molecule has 0 bridgehead atoms. The van der Waals surface area contributed by atoms with Gasteiger partial charge in [-0.1, -0.05) is 65.7 Å². The number of nitrogens with zero attached hydrogens (tertiary/aromatic N) is 3. The summed E-state index contributed by atoms with van der Waals surface area (Å²) in [4.78, 5) is 21.4. The third-order valence-corrected chi connectivity index (χ3v) is 5.87. The summed E-state index contributed by atoms with van der Waals surface area (Å²) in [7, 11) is 0. The minimum absolute atomic E-state index is 0.315. The number of benzene rings is 1. The van der Waals surface area contributed by atoms with Gasteiger partial charge in [0.2, 0.25) is 0 Å². The normalized spacial score (nSPS) is 12.7. The zero-order valence-electron chi connectivity index (χ0n) is 19.8. The van der Waals surface area contributed by atoms with Gasteiger partial charge in [0.1, 0.15) is 5.75 Å². The standard InChI is InChI=1S/C27H37N3O2/c1-4-6-8-9-10-11-12-22-19-29-26(30-20-22)23-14-16-25(17-15-23)32-27(31)21(3)24(18-28)13-7-5-2/h14-17,19-21,24H,4-13H2,1-3H3/t21-,24-/m0/s1. The maximum atomic E-state index is 12.4. The lowest BCUT2D eigenvalue weighted by atomic mass is 9.90. The quantitative estimate of drug-likeness (QED) is 0.183. The molecule has 0 unspecified atom stereocenters. The summed E-state index contributed by atoms with van der Waals surface area (Å²) in [6, 6.07) is 9.46. The van der Waals surface area contributed by atoms with E-state index >= 15 is 0 Å². The van der Waals surface area contributed by atoms with Crippen molar-refractivity contribution in [2.24, 2.45) is 11.8 Å². The molecule has 0 spiro atoms. The second-order valence-electron chi connectivity index (χ2n) is 8.54. The Hall–Kier alpha value is -2.74. The van der Waals surface area contributed by atoms with Gasteiger partial charge >= 0.3 is 5.97 Å². The Morgan fingerprint density at radius 3 is 2.22 bits per heavy atom. The highest BCUT2D eigenvalue weighted by Gasteiger charge is 2.25. The Labute approximate surface area is 193 Å². The van der Waals surface area contributed by atoms with E-state index in [0.29, 0.717) is 18.0 Å². The summed E-state index contributed by atoms with van der Waals surface area (Å²) < 4.78 is 5.50. The van der Waals surface area contributed by atoms with Gasteiger partial charge in [0.05, 0.1) is 17.9 Å².